The topological polar surface area (TPSA) is 47.3 Å². The summed E-state index contributed by atoms with van der Waals surface area (Å²) in [6, 6.07) is 8.21. The maximum atomic E-state index is 9.07. The fourth-order valence-electron chi connectivity index (χ4n) is 1.74. The van der Waals surface area contributed by atoms with Crippen LogP contribution in [0.5, 0.6) is 0 Å². The van der Waals surface area contributed by atoms with Crippen molar-refractivity contribution >= 4 is 5.69 Å². The summed E-state index contributed by atoms with van der Waals surface area (Å²) in [4.78, 5) is 2.05. The van der Waals surface area contributed by atoms with Crippen molar-refractivity contribution in [3.8, 4) is 6.07 Å². The highest BCUT2D eigenvalue weighted by Gasteiger charge is 2.13. The van der Waals surface area contributed by atoms with Crippen molar-refractivity contribution in [2.75, 3.05) is 18.1 Å². The zero-order valence-electron chi connectivity index (χ0n) is 10.1. The van der Waals surface area contributed by atoms with Gasteiger partial charge in [0.05, 0.1) is 17.9 Å². The minimum atomic E-state index is 0.0942. The van der Waals surface area contributed by atoms with Crippen molar-refractivity contribution in [1.82, 2.24) is 0 Å². The van der Waals surface area contributed by atoms with Gasteiger partial charge >= 0.3 is 0 Å². The van der Waals surface area contributed by atoms with E-state index in [4.69, 9.17) is 10.4 Å². The number of anilines is 1. The molecule has 0 saturated carbocycles. The average Bonchev–Trinajstić information content (AvgIpc) is 2.25. The highest BCUT2D eigenvalue weighted by molar-refractivity contribution is 5.61. The van der Waals surface area contributed by atoms with Crippen LogP contribution in [0.1, 0.15) is 25.0 Å². The molecule has 0 aliphatic carbocycles. The Kier molecular flexibility index (Phi) is 4.33. The number of nitriles is 1. The molecule has 1 N–H and O–H groups in total. The van der Waals surface area contributed by atoms with Crippen molar-refractivity contribution in [2.45, 2.75) is 26.8 Å². The first kappa shape index (κ1) is 12.5. The van der Waals surface area contributed by atoms with Crippen molar-refractivity contribution in [1.29, 1.82) is 5.26 Å². The second-order valence-corrected chi connectivity index (χ2v) is 4.14. The molecule has 86 valence electrons. The highest BCUT2D eigenvalue weighted by atomic mass is 16.3. The minimum absolute atomic E-state index is 0.0942. The number of aryl methyl sites for hydroxylation is 1. The lowest BCUT2D eigenvalue weighted by molar-refractivity contribution is 0.299. The van der Waals surface area contributed by atoms with E-state index in [1.807, 2.05) is 30.0 Å². The molecule has 0 bridgehead atoms. The lowest BCUT2D eigenvalue weighted by atomic mass is 10.1. The van der Waals surface area contributed by atoms with Crippen LogP contribution in [0.25, 0.3) is 0 Å². The fraction of sp³-hybridized carbons (Fsp3) is 0.462. The first-order chi connectivity index (χ1) is 7.60. The zero-order chi connectivity index (χ0) is 12.1. The van der Waals surface area contributed by atoms with Crippen LogP contribution in [0.3, 0.4) is 0 Å². The summed E-state index contributed by atoms with van der Waals surface area (Å²) in [6.45, 7) is 6.76. The highest BCUT2D eigenvalue weighted by Crippen LogP contribution is 2.23. The number of aliphatic hydroxyl groups excluding tert-OH is 1. The molecule has 0 fully saturated rings. The van der Waals surface area contributed by atoms with Gasteiger partial charge in [-0.2, -0.15) is 5.26 Å². The van der Waals surface area contributed by atoms with Crippen LogP contribution in [0, 0.1) is 18.3 Å². The maximum absolute atomic E-state index is 9.07. The Morgan fingerprint density at radius 2 is 2.12 bits per heavy atom. The van der Waals surface area contributed by atoms with Gasteiger partial charge in [-0.05, 0) is 38.5 Å². The van der Waals surface area contributed by atoms with Gasteiger partial charge in [-0.1, -0.05) is 6.07 Å². The Morgan fingerprint density at radius 1 is 1.44 bits per heavy atom. The van der Waals surface area contributed by atoms with E-state index in [9.17, 15) is 0 Å². The maximum Gasteiger partial charge on any atom is 0.101 e. The van der Waals surface area contributed by atoms with Crippen LogP contribution in [0.15, 0.2) is 18.2 Å². The van der Waals surface area contributed by atoms with Gasteiger partial charge in [0.25, 0.3) is 0 Å². The van der Waals surface area contributed by atoms with Gasteiger partial charge in [-0.25, -0.2) is 0 Å². The summed E-state index contributed by atoms with van der Waals surface area (Å²) in [5.74, 6) is 0. The van der Waals surface area contributed by atoms with Crippen LogP contribution in [-0.4, -0.2) is 24.3 Å². The molecule has 0 unspecified atom stereocenters. The number of benzene rings is 1. The molecule has 3 nitrogen and oxygen atoms in total. The molecule has 1 rings (SSSR count). The first-order valence-corrected chi connectivity index (χ1v) is 5.48. The molecule has 0 aromatic heterocycles. The van der Waals surface area contributed by atoms with Gasteiger partial charge in [-0.3, -0.25) is 0 Å². The Labute approximate surface area is 96.9 Å². The normalized spacial score (nSPS) is 10.2. The van der Waals surface area contributed by atoms with Crippen LogP contribution < -0.4 is 4.90 Å². The summed E-state index contributed by atoms with van der Waals surface area (Å²) in [6.07, 6.45) is 0. The minimum Gasteiger partial charge on any atom is -0.395 e. The Bertz CT molecular complexity index is 393. The van der Waals surface area contributed by atoms with Crippen LogP contribution >= 0.6 is 0 Å². The number of nitrogens with zero attached hydrogens (tertiary/aromatic N) is 2. The van der Waals surface area contributed by atoms with E-state index >= 15 is 0 Å². The zero-order valence-corrected chi connectivity index (χ0v) is 10.1. The number of hydrogen-bond donors (Lipinski definition) is 1. The molecule has 0 aliphatic heterocycles. The Balaban J connectivity index is 3.17. The number of hydrogen-bond acceptors (Lipinski definition) is 3. The SMILES string of the molecule is Cc1ccc(C#N)c(N(CCO)C(C)C)c1. The van der Waals surface area contributed by atoms with E-state index in [1.54, 1.807) is 0 Å². The first-order valence-electron chi connectivity index (χ1n) is 5.48. The lowest BCUT2D eigenvalue weighted by Crippen LogP contribution is -2.34. The fourth-order valence-corrected chi connectivity index (χ4v) is 1.74. The van der Waals surface area contributed by atoms with Gasteiger partial charge in [0.2, 0.25) is 0 Å². The smallest absolute Gasteiger partial charge is 0.101 e. The summed E-state index contributed by atoms with van der Waals surface area (Å²) in [7, 11) is 0. The van der Waals surface area contributed by atoms with Gasteiger partial charge in [0.15, 0.2) is 0 Å². The molecule has 0 aliphatic rings. The Morgan fingerprint density at radius 3 is 2.62 bits per heavy atom. The summed E-state index contributed by atoms with van der Waals surface area (Å²) in [5.41, 5.74) is 2.69. The standard InChI is InChI=1S/C13H18N2O/c1-10(2)15(6-7-16)13-8-11(3)4-5-12(13)9-14/h4-5,8,10,16H,6-7H2,1-3H3. The predicted molar refractivity (Wildman–Crippen MR) is 65.5 cm³/mol. The van der Waals surface area contributed by atoms with Gasteiger partial charge in [-0.15, -0.1) is 0 Å². The van der Waals surface area contributed by atoms with Gasteiger partial charge in [0.1, 0.15) is 6.07 Å². The summed E-state index contributed by atoms with van der Waals surface area (Å²) < 4.78 is 0. The predicted octanol–water partition coefficient (Wildman–Crippen LogP) is 2.07. The van der Waals surface area contributed by atoms with Gasteiger partial charge < -0.3 is 10.0 Å². The third-order valence-electron chi connectivity index (χ3n) is 2.55. The van der Waals surface area contributed by atoms with Crippen LogP contribution in [0.4, 0.5) is 5.69 Å². The van der Waals surface area contributed by atoms with Crippen LogP contribution in [-0.2, 0) is 0 Å². The van der Waals surface area contributed by atoms with E-state index in [2.05, 4.69) is 19.9 Å². The molecule has 1 aromatic rings. The molecule has 0 heterocycles. The third kappa shape index (κ3) is 2.74. The molecule has 0 atom stereocenters. The molecule has 0 amide bonds. The summed E-state index contributed by atoms with van der Waals surface area (Å²) >= 11 is 0. The van der Waals surface area contributed by atoms with E-state index in [0.29, 0.717) is 12.1 Å². The Hall–Kier alpha value is -1.53. The molecule has 0 saturated heterocycles. The molecule has 16 heavy (non-hydrogen) atoms. The quantitative estimate of drug-likeness (QED) is 0.841. The van der Waals surface area contributed by atoms with E-state index < -0.39 is 0 Å². The second kappa shape index (κ2) is 5.53. The van der Waals surface area contributed by atoms with Gasteiger partial charge in [0, 0.05) is 12.6 Å². The van der Waals surface area contributed by atoms with E-state index in [0.717, 1.165) is 11.3 Å². The summed E-state index contributed by atoms with van der Waals surface area (Å²) in [5, 5.41) is 18.1. The van der Waals surface area contributed by atoms with Crippen molar-refractivity contribution < 1.29 is 5.11 Å². The van der Waals surface area contributed by atoms with Crippen LogP contribution in [0.2, 0.25) is 0 Å². The molecule has 0 radical (unpaired) electrons. The second-order valence-electron chi connectivity index (χ2n) is 4.14. The molecular weight excluding hydrogens is 200 g/mol. The van der Waals surface area contributed by atoms with E-state index in [-0.39, 0.29) is 12.6 Å². The monoisotopic (exact) mass is 218 g/mol. The number of aliphatic hydroxyl groups is 1. The van der Waals surface area contributed by atoms with E-state index in [1.165, 1.54) is 0 Å². The molecule has 3 heteroatoms. The molecular formula is C13H18N2O. The van der Waals surface area contributed by atoms with Crippen molar-refractivity contribution in [2.24, 2.45) is 0 Å². The molecule has 0 spiro atoms. The molecule has 1 aromatic carbocycles. The number of rotatable bonds is 4. The lowest BCUT2D eigenvalue weighted by Gasteiger charge is -2.29. The van der Waals surface area contributed by atoms with Crippen molar-refractivity contribution in [3.63, 3.8) is 0 Å². The average molecular weight is 218 g/mol. The van der Waals surface area contributed by atoms with Crippen molar-refractivity contribution in [3.05, 3.63) is 29.3 Å². The largest absolute Gasteiger partial charge is 0.395 e. The third-order valence-corrected chi connectivity index (χ3v) is 2.55.